The fraction of sp³-hybridized carbons (Fsp3) is 0.333. The number of aliphatic carboxylic acids is 1. The molecule has 0 radical (unpaired) electrons. The van der Waals surface area contributed by atoms with Crippen molar-refractivity contribution < 1.29 is 32.6 Å². The quantitative estimate of drug-likeness (QED) is 0.409. The van der Waals surface area contributed by atoms with Crippen LogP contribution in [0.5, 0.6) is 0 Å². The number of carboxylic acid groups (broad SMARTS) is 1. The minimum atomic E-state index is -5.12. The van der Waals surface area contributed by atoms with Crippen LogP contribution in [0.1, 0.15) is 6.92 Å². The van der Waals surface area contributed by atoms with E-state index in [9.17, 15) is 22.8 Å². The molecule has 0 aromatic rings. The molecule has 0 heterocycles. The summed E-state index contributed by atoms with van der Waals surface area (Å²) in [5.74, 6) is -3.91. The van der Waals surface area contributed by atoms with Crippen molar-refractivity contribution in [1.29, 1.82) is 0 Å². The van der Waals surface area contributed by atoms with Crippen molar-refractivity contribution in [3.8, 4) is 0 Å². The van der Waals surface area contributed by atoms with Crippen LogP contribution in [0.25, 0.3) is 0 Å². The summed E-state index contributed by atoms with van der Waals surface area (Å²) in [5, 5.41) is 8.16. The van der Waals surface area contributed by atoms with E-state index in [1.165, 1.54) is 0 Å². The van der Waals surface area contributed by atoms with Gasteiger partial charge in [0.15, 0.2) is 0 Å². The van der Waals surface area contributed by atoms with Gasteiger partial charge in [-0.15, -0.1) is 0 Å². The third kappa shape index (κ3) is 4.14. The fourth-order valence-electron chi connectivity index (χ4n) is 0.259. The second-order valence-electron chi connectivity index (χ2n) is 2.01. The van der Waals surface area contributed by atoms with Gasteiger partial charge in [0, 0.05) is 0 Å². The molecule has 0 bridgehead atoms. The maximum Gasteiger partial charge on any atom is 0.491 e. The standard InChI is InChI=1S/C6H5F3O4/c1-3(4(10)11)2-13-5(12)6(7,8)9/h2H,1H3,(H,10,11)/b3-2+. The van der Waals surface area contributed by atoms with Crippen LogP contribution in [0.15, 0.2) is 11.8 Å². The largest absolute Gasteiger partial charge is 0.491 e. The number of rotatable bonds is 2. The van der Waals surface area contributed by atoms with E-state index < -0.39 is 23.7 Å². The van der Waals surface area contributed by atoms with E-state index in [0.717, 1.165) is 6.92 Å². The Morgan fingerprint density at radius 1 is 1.38 bits per heavy atom. The highest BCUT2D eigenvalue weighted by molar-refractivity contribution is 5.86. The SMILES string of the molecule is C/C(=C\OC(=O)C(F)(F)F)C(=O)O. The third-order valence-corrected chi connectivity index (χ3v) is 0.912. The third-order valence-electron chi connectivity index (χ3n) is 0.912. The van der Waals surface area contributed by atoms with E-state index in [4.69, 9.17) is 5.11 Å². The van der Waals surface area contributed by atoms with Gasteiger partial charge in [-0.1, -0.05) is 0 Å². The molecule has 0 saturated heterocycles. The molecule has 0 aromatic heterocycles. The molecule has 0 unspecified atom stereocenters. The topological polar surface area (TPSA) is 63.6 Å². The van der Waals surface area contributed by atoms with E-state index in [0.29, 0.717) is 0 Å². The van der Waals surface area contributed by atoms with Crippen molar-refractivity contribution in [3.63, 3.8) is 0 Å². The molecule has 0 rings (SSSR count). The van der Waals surface area contributed by atoms with Crippen LogP contribution < -0.4 is 0 Å². The summed E-state index contributed by atoms with van der Waals surface area (Å²) in [7, 11) is 0. The molecule has 0 saturated carbocycles. The van der Waals surface area contributed by atoms with Crippen LogP contribution in [0.3, 0.4) is 0 Å². The summed E-state index contributed by atoms with van der Waals surface area (Å²) in [6, 6.07) is 0. The van der Waals surface area contributed by atoms with Gasteiger partial charge in [0.1, 0.15) is 6.26 Å². The second kappa shape index (κ2) is 3.92. The zero-order valence-corrected chi connectivity index (χ0v) is 6.38. The van der Waals surface area contributed by atoms with Crippen molar-refractivity contribution in [2.45, 2.75) is 13.1 Å². The second-order valence-corrected chi connectivity index (χ2v) is 2.01. The van der Waals surface area contributed by atoms with Gasteiger partial charge >= 0.3 is 18.1 Å². The lowest BCUT2D eigenvalue weighted by molar-refractivity contribution is -0.193. The summed E-state index contributed by atoms with van der Waals surface area (Å²) >= 11 is 0. The molecule has 0 amide bonds. The Hall–Kier alpha value is -1.53. The van der Waals surface area contributed by atoms with Crippen LogP contribution in [-0.2, 0) is 14.3 Å². The lowest BCUT2D eigenvalue weighted by atomic mass is 10.3. The summed E-state index contributed by atoms with van der Waals surface area (Å²) in [6.07, 6.45) is -4.88. The molecule has 0 spiro atoms. The molecule has 1 N–H and O–H groups in total. The summed E-state index contributed by atoms with van der Waals surface area (Å²) in [4.78, 5) is 20.0. The number of alkyl halides is 3. The first-order valence-corrected chi connectivity index (χ1v) is 2.93. The molecule has 0 aliphatic heterocycles. The van der Waals surface area contributed by atoms with Crippen LogP contribution >= 0.6 is 0 Å². The Morgan fingerprint density at radius 2 is 1.85 bits per heavy atom. The Labute approximate surface area is 70.6 Å². The minimum Gasteiger partial charge on any atom is -0.478 e. The van der Waals surface area contributed by atoms with Crippen LogP contribution in [0, 0.1) is 0 Å². The van der Waals surface area contributed by atoms with Crippen molar-refractivity contribution >= 4 is 11.9 Å². The van der Waals surface area contributed by atoms with E-state index in [1.807, 2.05) is 0 Å². The molecule has 0 fully saturated rings. The van der Waals surface area contributed by atoms with Crippen molar-refractivity contribution in [2.24, 2.45) is 0 Å². The zero-order chi connectivity index (χ0) is 10.6. The monoisotopic (exact) mass is 198 g/mol. The number of ether oxygens (including phenoxy) is 1. The average molecular weight is 198 g/mol. The van der Waals surface area contributed by atoms with Crippen molar-refractivity contribution in [3.05, 3.63) is 11.8 Å². The molecule has 4 nitrogen and oxygen atoms in total. The van der Waals surface area contributed by atoms with E-state index >= 15 is 0 Å². The number of hydrogen-bond acceptors (Lipinski definition) is 3. The molecule has 74 valence electrons. The Balaban J connectivity index is 4.26. The highest BCUT2D eigenvalue weighted by atomic mass is 19.4. The predicted octanol–water partition coefficient (Wildman–Crippen LogP) is 1.08. The van der Waals surface area contributed by atoms with Gasteiger partial charge in [0.05, 0.1) is 5.57 Å². The molecule has 7 heteroatoms. The minimum absolute atomic E-state index is 0.234. The van der Waals surface area contributed by atoms with Gasteiger partial charge in [-0.3, -0.25) is 0 Å². The predicted molar refractivity (Wildman–Crippen MR) is 33.5 cm³/mol. The maximum absolute atomic E-state index is 11.4. The Bertz CT molecular complexity index is 253. The number of carbonyl (C=O) groups is 2. The highest BCUT2D eigenvalue weighted by Gasteiger charge is 2.40. The molecule has 0 aliphatic carbocycles. The van der Waals surface area contributed by atoms with E-state index in [1.54, 1.807) is 0 Å². The number of carbonyl (C=O) groups excluding carboxylic acids is 1. The van der Waals surface area contributed by atoms with E-state index in [2.05, 4.69) is 4.74 Å². The van der Waals surface area contributed by atoms with Gasteiger partial charge < -0.3 is 9.84 Å². The highest BCUT2D eigenvalue weighted by Crippen LogP contribution is 2.16. The first-order valence-electron chi connectivity index (χ1n) is 2.93. The van der Waals surface area contributed by atoms with Gasteiger partial charge in [0.2, 0.25) is 0 Å². The molecule has 0 aromatic carbocycles. The normalized spacial score (nSPS) is 12.5. The first kappa shape index (κ1) is 11.5. The molecule has 0 aliphatic rings. The fourth-order valence-corrected chi connectivity index (χ4v) is 0.259. The number of halogens is 3. The zero-order valence-electron chi connectivity index (χ0n) is 6.38. The van der Waals surface area contributed by atoms with Crippen LogP contribution in [0.2, 0.25) is 0 Å². The summed E-state index contributed by atoms with van der Waals surface area (Å²) in [6.45, 7) is 0.992. The summed E-state index contributed by atoms with van der Waals surface area (Å²) in [5.41, 5.74) is -0.502. The summed E-state index contributed by atoms with van der Waals surface area (Å²) < 4.78 is 37.9. The number of carboxylic acids is 1. The smallest absolute Gasteiger partial charge is 0.478 e. The van der Waals surface area contributed by atoms with Crippen molar-refractivity contribution in [2.75, 3.05) is 0 Å². The van der Waals surface area contributed by atoms with Crippen molar-refractivity contribution in [1.82, 2.24) is 0 Å². The van der Waals surface area contributed by atoms with Gasteiger partial charge in [-0.25, -0.2) is 9.59 Å². The van der Waals surface area contributed by atoms with Crippen LogP contribution in [-0.4, -0.2) is 23.2 Å². The molecular formula is C6H5F3O4. The number of hydrogen-bond donors (Lipinski definition) is 1. The van der Waals surface area contributed by atoms with Crippen LogP contribution in [0.4, 0.5) is 13.2 Å². The maximum atomic E-state index is 11.4. The molecule has 0 atom stereocenters. The first-order chi connectivity index (χ1) is 5.75. The molecular weight excluding hydrogens is 193 g/mol. The lowest BCUT2D eigenvalue weighted by Crippen LogP contribution is -2.23. The average Bonchev–Trinajstić information content (AvgIpc) is 1.97. The van der Waals surface area contributed by atoms with E-state index in [-0.39, 0.29) is 6.26 Å². The van der Waals surface area contributed by atoms with Gasteiger partial charge in [0.25, 0.3) is 0 Å². The van der Waals surface area contributed by atoms with Gasteiger partial charge in [-0.05, 0) is 6.92 Å². The lowest BCUT2D eigenvalue weighted by Gasteiger charge is -2.02. The van der Waals surface area contributed by atoms with Gasteiger partial charge in [-0.2, -0.15) is 13.2 Å². The number of esters is 1. The Kier molecular flexibility index (Phi) is 3.46. The molecule has 13 heavy (non-hydrogen) atoms. The Morgan fingerprint density at radius 3 is 2.15 bits per heavy atom.